The molecule has 0 aliphatic carbocycles. The molecule has 1 amide bonds. The quantitative estimate of drug-likeness (QED) is 0.619. The molecular weight excluding hydrogens is 426 g/mol. The number of hydrogen-bond acceptors (Lipinski definition) is 7. The Balaban J connectivity index is 1.92. The van der Waals surface area contributed by atoms with Crippen molar-refractivity contribution >= 4 is 38.9 Å². The molecule has 0 spiro atoms. The lowest BCUT2D eigenvalue weighted by molar-refractivity contribution is -0.141. The first kappa shape index (κ1) is 22.3. The highest BCUT2D eigenvalue weighted by Gasteiger charge is 2.29. The maximum Gasteiger partial charge on any atom is 0.325 e. The molecule has 0 radical (unpaired) electrons. The average Bonchev–Trinajstić information content (AvgIpc) is 3.45. The van der Waals surface area contributed by atoms with Crippen LogP contribution in [-0.2, 0) is 26.1 Å². The van der Waals surface area contributed by atoms with Crippen molar-refractivity contribution < 1.29 is 22.7 Å². The molecule has 0 unspecified atom stereocenters. The van der Waals surface area contributed by atoms with Gasteiger partial charge in [-0.15, -0.1) is 0 Å². The third-order valence-corrected chi connectivity index (χ3v) is 7.48. The van der Waals surface area contributed by atoms with E-state index in [4.69, 9.17) is 0 Å². The third-order valence-electron chi connectivity index (χ3n) is 4.87. The monoisotopic (exact) mass is 451 g/mol. The molecule has 1 aliphatic rings. The molecule has 2 aromatic rings. The number of carbonyl (C=O) groups excluding carboxylic acids is 2. The van der Waals surface area contributed by atoms with Crippen LogP contribution >= 0.6 is 11.3 Å². The van der Waals surface area contributed by atoms with E-state index in [1.165, 1.54) is 29.4 Å². The lowest BCUT2D eigenvalue weighted by Crippen LogP contribution is -2.33. The predicted molar refractivity (Wildman–Crippen MR) is 115 cm³/mol. The van der Waals surface area contributed by atoms with Gasteiger partial charge in [-0.05, 0) is 53.4 Å². The highest BCUT2D eigenvalue weighted by atomic mass is 32.2. The number of ether oxygens (including phenoxy) is 1. The van der Waals surface area contributed by atoms with Gasteiger partial charge in [0, 0.05) is 37.9 Å². The number of hydrogen-bond donors (Lipinski definition) is 1. The van der Waals surface area contributed by atoms with E-state index in [9.17, 15) is 18.0 Å². The number of nitrogens with one attached hydrogen (secondary N) is 1. The van der Waals surface area contributed by atoms with Crippen LogP contribution in [0.4, 0.5) is 5.69 Å². The molecule has 8 nitrogen and oxygen atoms in total. The minimum Gasteiger partial charge on any atom is -0.468 e. The van der Waals surface area contributed by atoms with Crippen molar-refractivity contribution in [3.63, 3.8) is 0 Å². The van der Waals surface area contributed by atoms with Crippen molar-refractivity contribution in [1.29, 1.82) is 0 Å². The Labute approximate surface area is 180 Å². The summed E-state index contributed by atoms with van der Waals surface area (Å²) in [7, 11) is -0.992. The fourth-order valence-electron chi connectivity index (χ4n) is 3.20. The second-order valence-corrected chi connectivity index (χ2v) is 9.80. The van der Waals surface area contributed by atoms with E-state index in [1.54, 1.807) is 23.5 Å². The summed E-state index contributed by atoms with van der Waals surface area (Å²) in [5.74, 6) is -1.01. The zero-order valence-corrected chi connectivity index (χ0v) is 18.6. The van der Waals surface area contributed by atoms with Gasteiger partial charge < -0.3 is 15.0 Å². The average molecular weight is 452 g/mol. The number of benzene rings is 1. The van der Waals surface area contributed by atoms with Crippen molar-refractivity contribution in [2.45, 2.75) is 24.3 Å². The van der Waals surface area contributed by atoms with Crippen LogP contribution < -0.4 is 5.32 Å². The van der Waals surface area contributed by atoms with Crippen LogP contribution in [0.2, 0.25) is 0 Å². The zero-order chi connectivity index (χ0) is 21.7. The summed E-state index contributed by atoms with van der Waals surface area (Å²) in [5, 5.41) is 7.15. The number of sulfonamides is 1. The van der Waals surface area contributed by atoms with E-state index in [-0.39, 0.29) is 17.0 Å². The first-order valence-electron chi connectivity index (χ1n) is 9.53. The molecule has 1 fully saturated rings. The molecule has 2 heterocycles. The zero-order valence-electron chi connectivity index (χ0n) is 17.0. The van der Waals surface area contributed by atoms with Crippen LogP contribution in [0.5, 0.6) is 0 Å². The van der Waals surface area contributed by atoms with E-state index in [2.05, 4.69) is 10.1 Å². The van der Waals surface area contributed by atoms with Crippen molar-refractivity contribution in [1.82, 2.24) is 9.21 Å². The molecule has 1 aromatic carbocycles. The number of methoxy groups -OCH3 is 1. The maximum absolute atomic E-state index is 13.1. The van der Waals surface area contributed by atoms with Gasteiger partial charge in [-0.2, -0.15) is 15.6 Å². The molecule has 30 heavy (non-hydrogen) atoms. The third kappa shape index (κ3) is 5.18. The fourth-order valence-corrected chi connectivity index (χ4v) is 5.46. The number of anilines is 1. The molecule has 10 heteroatoms. The molecule has 0 saturated carbocycles. The summed E-state index contributed by atoms with van der Waals surface area (Å²) >= 11 is 1.57. The molecular formula is C20H25N3O5S2. The first-order chi connectivity index (χ1) is 14.3. The standard InChI is InChI=1S/C20H25N3O5S2/c1-22(13-19(24)28-2)20(25)16-9-17(21-12-15-5-8-29-14-15)11-18(10-16)30(26,27)23-6-3-4-7-23/h5,8-11,14,21H,3-4,6-7,12-13H2,1-2H3. The molecule has 1 aromatic heterocycles. The van der Waals surface area contributed by atoms with Crippen LogP contribution in [0.25, 0.3) is 0 Å². The van der Waals surface area contributed by atoms with Gasteiger partial charge in [0.2, 0.25) is 10.0 Å². The van der Waals surface area contributed by atoms with E-state index in [1.807, 2.05) is 16.8 Å². The molecule has 162 valence electrons. The van der Waals surface area contributed by atoms with Crippen molar-refractivity contribution in [3.05, 3.63) is 46.2 Å². The molecule has 0 atom stereocenters. The number of rotatable bonds is 8. The van der Waals surface area contributed by atoms with Crippen LogP contribution in [0.1, 0.15) is 28.8 Å². The summed E-state index contributed by atoms with van der Waals surface area (Å²) in [5.41, 5.74) is 1.77. The van der Waals surface area contributed by atoms with Gasteiger partial charge in [0.15, 0.2) is 0 Å². The normalized spacial score (nSPS) is 14.5. The SMILES string of the molecule is COC(=O)CN(C)C(=O)c1cc(NCc2ccsc2)cc(S(=O)(=O)N2CCCC2)c1. The fraction of sp³-hybridized carbons (Fsp3) is 0.400. The van der Waals surface area contributed by atoms with Gasteiger partial charge in [-0.1, -0.05) is 0 Å². The van der Waals surface area contributed by atoms with Gasteiger partial charge >= 0.3 is 5.97 Å². The van der Waals surface area contributed by atoms with Crippen molar-refractivity contribution in [2.24, 2.45) is 0 Å². The minimum absolute atomic E-state index is 0.0644. The number of esters is 1. The first-order valence-corrected chi connectivity index (χ1v) is 11.9. The topological polar surface area (TPSA) is 96.0 Å². The minimum atomic E-state index is -3.71. The summed E-state index contributed by atoms with van der Waals surface area (Å²) in [6, 6.07) is 6.50. The van der Waals surface area contributed by atoms with Gasteiger partial charge in [-0.3, -0.25) is 9.59 Å². The van der Waals surface area contributed by atoms with Crippen LogP contribution in [0.15, 0.2) is 39.9 Å². The Morgan fingerprint density at radius 2 is 1.97 bits per heavy atom. The smallest absolute Gasteiger partial charge is 0.325 e. The highest BCUT2D eigenvalue weighted by molar-refractivity contribution is 7.89. The number of carbonyl (C=O) groups is 2. The van der Waals surface area contributed by atoms with E-state index in [0.29, 0.717) is 25.3 Å². The molecule has 1 N–H and O–H groups in total. The Morgan fingerprint density at radius 1 is 1.23 bits per heavy atom. The molecule has 3 rings (SSSR count). The number of thiophene rings is 1. The Kier molecular flexibility index (Phi) is 7.11. The molecule has 1 aliphatic heterocycles. The van der Waals surface area contributed by atoms with Crippen molar-refractivity contribution in [2.75, 3.05) is 39.1 Å². The van der Waals surface area contributed by atoms with Crippen molar-refractivity contribution in [3.8, 4) is 0 Å². The van der Waals surface area contributed by atoms with Crippen LogP contribution in [-0.4, -0.2) is 63.3 Å². The summed E-state index contributed by atoms with van der Waals surface area (Å²) < 4.78 is 32.2. The van der Waals surface area contributed by atoms with E-state index in [0.717, 1.165) is 18.4 Å². The number of amides is 1. The number of nitrogens with zero attached hydrogens (tertiary/aromatic N) is 2. The highest BCUT2D eigenvalue weighted by Crippen LogP contribution is 2.26. The Bertz CT molecular complexity index is 999. The maximum atomic E-state index is 13.1. The second-order valence-electron chi connectivity index (χ2n) is 7.08. The van der Waals surface area contributed by atoms with Gasteiger partial charge in [0.25, 0.3) is 5.91 Å². The Hall–Kier alpha value is -2.43. The summed E-state index contributed by atoms with van der Waals surface area (Å²) in [6.07, 6.45) is 1.64. The van der Waals surface area contributed by atoms with E-state index < -0.39 is 21.9 Å². The summed E-state index contributed by atoms with van der Waals surface area (Å²) in [4.78, 5) is 25.7. The Morgan fingerprint density at radius 3 is 2.60 bits per heavy atom. The van der Waals surface area contributed by atoms with Gasteiger partial charge in [0.1, 0.15) is 6.54 Å². The predicted octanol–water partition coefficient (Wildman–Crippen LogP) is 2.39. The van der Waals surface area contributed by atoms with Crippen LogP contribution in [0.3, 0.4) is 0 Å². The lowest BCUT2D eigenvalue weighted by Gasteiger charge is -2.20. The van der Waals surface area contributed by atoms with Crippen LogP contribution in [0, 0.1) is 0 Å². The second kappa shape index (κ2) is 9.59. The van der Waals surface area contributed by atoms with Gasteiger partial charge in [-0.25, -0.2) is 8.42 Å². The molecule has 0 bridgehead atoms. The largest absolute Gasteiger partial charge is 0.468 e. The van der Waals surface area contributed by atoms with Gasteiger partial charge in [0.05, 0.1) is 12.0 Å². The summed E-state index contributed by atoms with van der Waals surface area (Å²) in [6.45, 7) is 1.22. The van der Waals surface area contributed by atoms with E-state index >= 15 is 0 Å². The lowest BCUT2D eigenvalue weighted by atomic mass is 10.1. The molecule has 1 saturated heterocycles. The number of likely N-dealkylation sites (N-methyl/N-ethyl adjacent to an activating group) is 1.